The van der Waals surface area contributed by atoms with Crippen molar-refractivity contribution in [3.63, 3.8) is 0 Å². The van der Waals surface area contributed by atoms with Crippen LogP contribution in [-0.4, -0.2) is 16.1 Å². The molecule has 0 N–H and O–H groups in total. The average molecular weight is 532 g/mol. The Hall–Kier alpha value is -4.21. The summed E-state index contributed by atoms with van der Waals surface area (Å²) in [5, 5.41) is 0. The maximum atomic E-state index is 14.7. The summed E-state index contributed by atoms with van der Waals surface area (Å²) in [7, 11) is 0. The Kier molecular flexibility index (Phi) is 7.80. The van der Waals surface area contributed by atoms with Crippen molar-refractivity contribution in [3.8, 4) is 28.3 Å². The summed E-state index contributed by atoms with van der Waals surface area (Å²) < 4.78 is 101. The molecule has 0 bridgehead atoms. The van der Waals surface area contributed by atoms with Gasteiger partial charge in [0.15, 0.2) is 23.3 Å². The quantitative estimate of drug-likeness (QED) is 0.170. The molecule has 0 spiro atoms. The van der Waals surface area contributed by atoms with Gasteiger partial charge in [-0.05, 0) is 41.3 Å². The highest BCUT2D eigenvalue weighted by Crippen LogP contribution is 2.30. The summed E-state index contributed by atoms with van der Waals surface area (Å²) in [5.74, 6) is -8.13. The Bertz CT molecular complexity index is 1420. The van der Waals surface area contributed by atoms with E-state index in [2.05, 4.69) is 14.7 Å². The lowest BCUT2D eigenvalue weighted by atomic mass is 10.0. The second kappa shape index (κ2) is 11.0. The van der Waals surface area contributed by atoms with Gasteiger partial charge in [0.25, 0.3) is 0 Å². The van der Waals surface area contributed by atoms with Crippen LogP contribution in [0.2, 0.25) is 0 Å². The van der Waals surface area contributed by atoms with Crippen LogP contribution in [0.25, 0.3) is 28.6 Å². The Balaban J connectivity index is 1.51. The Morgan fingerprint density at radius 1 is 0.763 bits per heavy atom. The number of hydrogen-bond donors (Lipinski definition) is 0. The molecule has 0 amide bonds. The van der Waals surface area contributed by atoms with Crippen LogP contribution < -0.4 is 4.74 Å². The first-order valence-electron chi connectivity index (χ1n) is 11.4. The molecule has 4 rings (SSSR count). The zero-order valence-corrected chi connectivity index (χ0v) is 19.8. The summed E-state index contributed by atoms with van der Waals surface area (Å²) in [6, 6.07) is 8.98. The number of ether oxygens (including phenoxy) is 1. The summed E-state index contributed by atoms with van der Waals surface area (Å²) in [6.07, 6.45) is 1.53. The second-order valence-electron chi connectivity index (χ2n) is 8.29. The Morgan fingerprint density at radius 3 is 1.87 bits per heavy atom. The second-order valence-corrected chi connectivity index (χ2v) is 8.29. The van der Waals surface area contributed by atoms with E-state index in [1.807, 2.05) is 6.92 Å². The smallest absolute Gasteiger partial charge is 0.419 e. The van der Waals surface area contributed by atoms with Crippen molar-refractivity contribution in [2.75, 3.05) is 0 Å². The molecule has 3 aromatic carbocycles. The molecule has 0 saturated heterocycles. The molecule has 0 radical (unpaired) electrons. The largest absolute Gasteiger partial charge is 0.429 e. The Labute approximate surface area is 213 Å². The highest BCUT2D eigenvalue weighted by atomic mass is 19.3. The van der Waals surface area contributed by atoms with Crippen LogP contribution in [0.15, 0.2) is 67.0 Å². The molecule has 3 nitrogen and oxygen atoms in total. The molecule has 1 heterocycles. The van der Waals surface area contributed by atoms with Crippen molar-refractivity contribution >= 4 is 6.08 Å². The van der Waals surface area contributed by atoms with Gasteiger partial charge in [0.05, 0.1) is 0 Å². The van der Waals surface area contributed by atoms with E-state index in [9.17, 15) is 30.7 Å². The molecule has 1 aromatic heterocycles. The Morgan fingerprint density at radius 2 is 1.32 bits per heavy atom. The first-order valence-corrected chi connectivity index (χ1v) is 11.4. The van der Waals surface area contributed by atoms with Gasteiger partial charge in [-0.15, -0.1) is 0 Å². The SMILES string of the molecule is CCCc1cnc(-c2ccc(-c3cc(F)c(/C=C/C(F)(F)Oc4cc(F)c(F)c(F)c4)c(F)c3)cc2)nc1. The highest BCUT2D eigenvalue weighted by molar-refractivity contribution is 5.69. The lowest BCUT2D eigenvalue weighted by Gasteiger charge is -2.15. The lowest BCUT2D eigenvalue weighted by molar-refractivity contribution is -0.131. The van der Waals surface area contributed by atoms with Crippen LogP contribution in [0, 0.1) is 29.1 Å². The maximum Gasteiger partial charge on any atom is 0.419 e. The van der Waals surface area contributed by atoms with Crippen LogP contribution in [0.5, 0.6) is 5.75 Å². The third-order valence-electron chi connectivity index (χ3n) is 5.45. The fraction of sp³-hybridized carbons (Fsp3) is 0.143. The molecule has 0 aliphatic heterocycles. The minimum absolute atomic E-state index is 0.00785. The van der Waals surface area contributed by atoms with Crippen molar-refractivity contribution in [2.24, 2.45) is 0 Å². The molecular formula is C28H19F7N2O. The van der Waals surface area contributed by atoms with E-state index in [1.165, 1.54) is 0 Å². The van der Waals surface area contributed by atoms with Gasteiger partial charge in [0.1, 0.15) is 17.4 Å². The third-order valence-corrected chi connectivity index (χ3v) is 5.45. The predicted octanol–water partition coefficient (Wildman–Crippen LogP) is 8.14. The van der Waals surface area contributed by atoms with Crippen molar-refractivity contribution in [1.29, 1.82) is 0 Å². The first-order chi connectivity index (χ1) is 18.1. The molecule has 0 atom stereocenters. The van der Waals surface area contributed by atoms with Crippen LogP contribution in [0.3, 0.4) is 0 Å². The summed E-state index contributed by atoms with van der Waals surface area (Å²) in [6.45, 7) is 2.05. The molecule has 38 heavy (non-hydrogen) atoms. The number of hydrogen-bond acceptors (Lipinski definition) is 3. The lowest BCUT2D eigenvalue weighted by Crippen LogP contribution is -2.21. The van der Waals surface area contributed by atoms with Gasteiger partial charge in [-0.1, -0.05) is 37.6 Å². The van der Waals surface area contributed by atoms with Crippen molar-refractivity contribution < 1.29 is 35.5 Å². The van der Waals surface area contributed by atoms with E-state index in [0.717, 1.165) is 30.5 Å². The van der Waals surface area contributed by atoms with Gasteiger partial charge in [-0.2, -0.15) is 8.78 Å². The van der Waals surface area contributed by atoms with Gasteiger partial charge in [-0.3, -0.25) is 0 Å². The minimum atomic E-state index is -4.22. The van der Waals surface area contributed by atoms with E-state index >= 15 is 0 Å². The summed E-state index contributed by atoms with van der Waals surface area (Å²) in [5.41, 5.74) is 1.53. The number of nitrogens with zero attached hydrogens (tertiary/aromatic N) is 2. The number of benzene rings is 3. The van der Waals surface area contributed by atoms with E-state index < -0.39 is 46.5 Å². The van der Waals surface area contributed by atoms with Crippen LogP contribution in [-0.2, 0) is 6.42 Å². The molecule has 4 aromatic rings. The zero-order valence-electron chi connectivity index (χ0n) is 19.8. The number of aromatic nitrogens is 2. The maximum absolute atomic E-state index is 14.7. The average Bonchev–Trinajstić information content (AvgIpc) is 2.87. The molecule has 0 fully saturated rings. The molecule has 0 aliphatic carbocycles. The topological polar surface area (TPSA) is 35.0 Å². The highest BCUT2D eigenvalue weighted by Gasteiger charge is 2.29. The van der Waals surface area contributed by atoms with E-state index in [1.54, 1.807) is 36.7 Å². The molecule has 196 valence electrons. The van der Waals surface area contributed by atoms with Gasteiger partial charge in [-0.25, -0.2) is 31.9 Å². The van der Waals surface area contributed by atoms with Crippen LogP contribution in [0.4, 0.5) is 30.7 Å². The molecule has 0 unspecified atom stereocenters. The fourth-order valence-electron chi connectivity index (χ4n) is 3.61. The van der Waals surface area contributed by atoms with Crippen molar-refractivity contribution in [1.82, 2.24) is 9.97 Å². The van der Waals surface area contributed by atoms with Crippen molar-refractivity contribution in [2.45, 2.75) is 25.9 Å². The molecule has 10 heteroatoms. The first kappa shape index (κ1) is 26.8. The number of alkyl halides is 2. The molecule has 0 saturated carbocycles. The monoisotopic (exact) mass is 532 g/mol. The van der Waals surface area contributed by atoms with Gasteiger partial charge < -0.3 is 4.74 Å². The summed E-state index contributed by atoms with van der Waals surface area (Å²) >= 11 is 0. The predicted molar refractivity (Wildman–Crippen MR) is 128 cm³/mol. The van der Waals surface area contributed by atoms with E-state index in [0.29, 0.717) is 23.0 Å². The van der Waals surface area contributed by atoms with Gasteiger partial charge in [0, 0.05) is 41.7 Å². The zero-order chi connectivity index (χ0) is 27.4. The van der Waals surface area contributed by atoms with E-state index in [-0.39, 0.29) is 23.8 Å². The molecular weight excluding hydrogens is 513 g/mol. The van der Waals surface area contributed by atoms with Crippen molar-refractivity contribution in [3.05, 3.63) is 107 Å². The molecule has 0 aliphatic rings. The van der Waals surface area contributed by atoms with Gasteiger partial charge >= 0.3 is 6.11 Å². The number of aryl methyl sites for hydroxylation is 1. The standard InChI is InChI=1S/C28H19F7N2O/c1-2-3-16-14-36-27(37-15-16)18-6-4-17(5-7-18)19-10-22(29)21(23(30)11-19)8-9-28(34,35)38-20-12-24(31)26(33)25(32)13-20/h4-15H,2-3H2,1H3/b9-8+. The minimum Gasteiger partial charge on any atom is -0.429 e. The summed E-state index contributed by atoms with van der Waals surface area (Å²) in [4.78, 5) is 8.65. The number of halogens is 7. The van der Waals surface area contributed by atoms with Gasteiger partial charge in [0.2, 0.25) is 0 Å². The normalized spacial score (nSPS) is 11.8. The van der Waals surface area contributed by atoms with E-state index in [4.69, 9.17) is 0 Å². The fourth-order valence-corrected chi connectivity index (χ4v) is 3.61. The number of rotatable bonds is 8. The van der Waals surface area contributed by atoms with Crippen LogP contribution >= 0.6 is 0 Å². The van der Waals surface area contributed by atoms with Crippen LogP contribution in [0.1, 0.15) is 24.5 Å². The third kappa shape index (κ3) is 6.19.